The van der Waals surface area contributed by atoms with Gasteiger partial charge in [-0.25, -0.2) is 9.18 Å². The summed E-state index contributed by atoms with van der Waals surface area (Å²) < 4.78 is 30.5. The molecular formula is C15H15FO5S. The standard InChI is InChI=1S/C15H15FO5S/c1-19-11-6-9-12(7-10(11)16)22-14(15(17)18)13(9)21-8-2-4-20-5-3-8/h6-8H,2-5H2,1H3,(H,17,18). The van der Waals surface area contributed by atoms with Gasteiger partial charge in [-0.05, 0) is 12.1 Å². The fraction of sp³-hybridized carbons (Fsp3) is 0.400. The summed E-state index contributed by atoms with van der Waals surface area (Å²) >= 11 is 1.00. The normalized spacial score (nSPS) is 15.9. The first-order valence-electron chi connectivity index (χ1n) is 6.88. The quantitative estimate of drug-likeness (QED) is 0.934. The van der Waals surface area contributed by atoms with Crippen molar-refractivity contribution in [1.82, 2.24) is 0 Å². The second-order valence-corrected chi connectivity index (χ2v) is 6.03. The van der Waals surface area contributed by atoms with Gasteiger partial charge in [0.1, 0.15) is 6.10 Å². The number of hydrogen-bond acceptors (Lipinski definition) is 5. The summed E-state index contributed by atoms with van der Waals surface area (Å²) in [4.78, 5) is 11.5. The van der Waals surface area contributed by atoms with Gasteiger partial charge in [0.05, 0.1) is 20.3 Å². The van der Waals surface area contributed by atoms with Crippen LogP contribution in [-0.2, 0) is 4.74 Å². The maximum absolute atomic E-state index is 13.8. The van der Waals surface area contributed by atoms with Crippen molar-refractivity contribution in [2.75, 3.05) is 20.3 Å². The van der Waals surface area contributed by atoms with E-state index in [2.05, 4.69) is 0 Å². The number of methoxy groups -OCH3 is 1. The Balaban J connectivity index is 2.07. The second kappa shape index (κ2) is 6.10. The number of fused-ring (bicyclic) bond motifs is 1. The molecule has 2 heterocycles. The maximum Gasteiger partial charge on any atom is 0.349 e. The fourth-order valence-corrected chi connectivity index (χ4v) is 3.43. The molecule has 2 aromatic rings. The zero-order chi connectivity index (χ0) is 15.7. The van der Waals surface area contributed by atoms with Crippen LogP contribution in [-0.4, -0.2) is 37.5 Å². The molecule has 0 radical (unpaired) electrons. The number of carbonyl (C=O) groups is 1. The van der Waals surface area contributed by atoms with Crippen molar-refractivity contribution in [3.8, 4) is 11.5 Å². The van der Waals surface area contributed by atoms with E-state index in [-0.39, 0.29) is 22.5 Å². The van der Waals surface area contributed by atoms with Crippen LogP contribution in [0, 0.1) is 5.82 Å². The molecule has 118 valence electrons. The Morgan fingerprint density at radius 2 is 2.14 bits per heavy atom. The first-order chi connectivity index (χ1) is 10.6. The molecule has 0 saturated carbocycles. The summed E-state index contributed by atoms with van der Waals surface area (Å²) in [5.41, 5.74) is 0. The van der Waals surface area contributed by atoms with Gasteiger partial charge in [0, 0.05) is 22.9 Å². The number of benzene rings is 1. The molecule has 0 atom stereocenters. The number of thiophene rings is 1. The van der Waals surface area contributed by atoms with E-state index in [1.165, 1.54) is 19.2 Å². The highest BCUT2D eigenvalue weighted by Crippen LogP contribution is 2.41. The van der Waals surface area contributed by atoms with Crippen molar-refractivity contribution in [1.29, 1.82) is 0 Å². The highest BCUT2D eigenvalue weighted by atomic mass is 32.1. The van der Waals surface area contributed by atoms with Crippen LogP contribution in [0.3, 0.4) is 0 Å². The molecule has 3 rings (SSSR count). The molecule has 0 aliphatic carbocycles. The number of rotatable bonds is 4. The van der Waals surface area contributed by atoms with E-state index >= 15 is 0 Å². The molecule has 1 N–H and O–H groups in total. The van der Waals surface area contributed by atoms with E-state index in [0.29, 0.717) is 36.1 Å². The Hall–Kier alpha value is -1.86. The Morgan fingerprint density at radius 1 is 1.41 bits per heavy atom. The Bertz CT molecular complexity index is 706. The van der Waals surface area contributed by atoms with Gasteiger partial charge in [-0.3, -0.25) is 0 Å². The number of aromatic carboxylic acids is 1. The lowest BCUT2D eigenvalue weighted by Gasteiger charge is -2.23. The Kier molecular flexibility index (Phi) is 4.17. The average molecular weight is 326 g/mol. The lowest BCUT2D eigenvalue weighted by Crippen LogP contribution is -2.26. The van der Waals surface area contributed by atoms with Crippen molar-refractivity contribution >= 4 is 27.4 Å². The van der Waals surface area contributed by atoms with Gasteiger partial charge in [-0.2, -0.15) is 0 Å². The highest BCUT2D eigenvalue weighted by Gasteiger charge is 2.25. The molecule has 0 amide bonds. The van der Waals surface area contributed by atoms with Crippen LogP contribution in [0.5, 0.6) is 11.5 Å². The number of ether oxygens (including phenoxy) is 3. The van der Waals surface area contributed by atoms with E-state index in [4.69, 9.17) is 14.2 Å². The smallest absolute Gasteiger partial charge is 0.349 e. The Labute approximate surface area is 130 Å². The van der Waals surface area contributed by atoms with E-state index in [0.717, 1.165) is 11.3 Å². The molecule has 1 aliphatic rings. The van der Waals surface area contributed by atoms with Crippen LogP contribution in [0.2, 0.25) is 0 Å². The number of hydrogen-bond donors (Lipinski definition) is 1. The van der Waals surface area contributed by atoms with Crippen LogP contribution < -0.4 is 9.47 Å². The molecular weight excluding hydrogens is 311 g/mol. The zero-order valence-electron chi connectivity index (χ0n) is 11.9. The molecule has 1 aromatic heterocycles. The van der Waals surface area contributed by atoms with E-state index in [1.807, 2.05) is 0 Å². The van der Waals surface area contributed by atoms with Gasteiger partial charge in [0.25, 0.3) is 0 Å². The van der Waals surface area contributed by atoms with Crippen molar-refractivity contribution in [3.63, 3.8) is 0 Å². The lowest BCUT2D eigenvalue weighted by atomic mass is 10.1. The number of halogens is 1. The predicted molar refractivity (Wildman–Crippen MR) is 79.8 cm³/mol. The van der Waals surface area contributed by atoms with Crippen LogP contribution in [0.4, 0.5) is 4.39 Å². The van der Waals surface area contributed by atoms with Gasteiger partial charge in [-0.1, -0.05) is 0 Å². The molecule has 22 heavy (non-hydrogen) atoms. The molecule has 0 unspecified atom stereocenters. The van der Waals surface area contributed by atoms with Crippen molar-refractivity contribution in [3.05, 3.63) is 22.8 Å². The summed E-state index contributed by atoms with van der Waals surface area (Å²) in [6.07, 6.45) is 1.31. The summed E-state index contributed by atoms with van der Waals surface area (Å²) in [6, 6.07) is 2.77. The first-order valence-corrected chi connectivity index (χ1v) is 7.69. The van der Waals surface area contributed by atoms with Crippen LogP contribution >= 0.6 is 11.3 Å². The lowest BCUT2D eigenvalue weighted by molar-refractivity contribution is 0.0257. The summed E-state index contributed by atoms with van der Waals surface area (Å²) in [5.74, 6) is -1.25. The Morgan fingerprint density at radius 3 is 2.77 bits per heavy atom. The van der Waals surface area contributed by atoms with Gasteiger partial charge >= 0.3 is 5.97 Å². The summed E-state index contributed by atoms with van der Waals surface area (Å²) in [6.45, 7) is 1.18. The van der Waals surface area contributed by atoms with Crippen molar-refractivity contribution in [2.45, 2.75) is 18.9 Å². The monoisotopic (exact) mass is 326 g/mol. The summed E-state index contributed by atoms with van der Waals surface area (Å²) in [7, 11) is 1.37. The minimum absolute atomic E-state index is 0.0686. The topological polar surface area (TPSA) is 65.0 Å². The van der Waals surface area contributed by atoms with Crippen LogP contribution in [0.1, 0.15) is 22.5 Å². The molecule has 1 fully saturated rings. The molecule has 0 spiro atoms. The third-order valence-electron chi connectivity index (χ3n) is 3.56. The third kappa shape index (κ3) is 2.74. The van der Waals surface area contributed by atoms with E-state index < -0.39 is 11.8 Å². The first kappa shape index (κ1) is 15.1. The highest BCUT2D eigenvalue weighted by molar-refractivity contribution is 7.21. The maximum atomic E-state index is 13.8. The molecule has 5 nitrogen and oxygen atoms in total. The largest absolute Gasteiger partial charge is 0.494 e. The van der Waals surface area contributed by atoms with Crippen molar-refractivity contribution in [2.24, 2.45) is 0 Å². The molecule has 0 bridgehead atoms. The zero-order valence-corrected chi connectivity index (χ0v) is 12.7. The van der Waals surface area contributed by atoms with E-state index in [9.17, 15) is 14.3 Å². The number of carboxylic acid groups (broad SMARTS) is 1. The minimum atomic E-state index is -1.08. The SMILES string of the molecule is COc1cc2c(OC3CCOCC3)c(C(=O)O)sc2cc1F. The van der Waals surface area contributed by atoms with E-state index in [1.54, 1.807) is 0 Å². The van der Waals surface area contributed by atoms with Crippen molar-refractivity contribution < 1.29 is 28.5 Å². The van der Waals surface area contributed by atoms with Gasteiger partial charge in [0.2, 0.25) is 0 Å². The molecule has 1 aliphatic heterocycles. The second-order valence-electron chi connectivity index (χ2n) is 4.98. The van der Waals surface area contributed by atoms with Gasteiger partial charge in [-0.15, -0.1) is 11.3 Å². The third-order valence-corrected chi connectivity index (χ3v) is 4.69. The minimum Gasteiger partial charge on any atom is -0.494 e. The molecule has 1 aromatic carbocycles. The average Bonchev–Trinajstić information content (AvgIpc) is 2.85. The number of carboxylic acids is 1. The fourth-order valence-electron chi connectivity index (χ4n) is 2.45. The molecule has 1 saturated heterocycles. The van der Waals surface area contributed by atoms with Gasteiger partial charge < -0.3 is 19.3 Å². The van der Waals surface area contributed by atoms with Crippen LogP contribution in [0.25, 0.3) is 10.1 Å². The van der Waals surface area contributed by atoms with Crippen LogP contribution in [0.15, 0.2) is 12.1 Å². The predicted octanol–water partition coefficient (Wildman–Crippen LogP) is 3.31. The van der Waals surface area contributed by atoms with Gasteiger partial charge in [0.15, 0.2) is 22.2 Å². The molecule has 7 heteroatoms. The summed E-state index contributed by atoms with van der Waals surface area (Å²) in [5, 5.41) is 9.93.